The van der Waals surface area contributed by atoms with Crippen molar-refractivity contribution in [2.45, 2.75) is 18.1 Å². The molecule has 0 bridgehead atoms. The molecule has 0 aromatic carbocycles. The third kappa shape index (κ3) is 3.77. The molecule has 0 saturated heterocycles. The van der Waals surface area contributed by atoms with E-state index in [2.05, 4.69) is 0 Å². The summed E-state index contributed by atoms with van der Waals surface area (Å²) in [5.41, 5.74) is 0.546. The molecule has 102 valence electrons. The van der Waals surface area contributed by atoms with Crippen LogP contribution < -0.4 is 5.14 Å². The third-order valence-corrected chi connectivity index (χ3v) is 4.82. The molecule has 1 aromatic rings. The van der Waals surface area contributed by atoms with Crippen LogP contribution in [0.1, 0.15) is 22.8 Å². The van der Waals surface area contributed by atoms with Crippen LogP contribution in [0, 0.1) is 6.92 Å². The summed E-state index contributed by atoms with van der Waals surface area (Å²) in [5.74, 6) is -0.571. The lowest BCUT2D eigenvalue weighted by Gasteiger charge is -2.04. The predicted octanol–water partition coefficient (Wildman–Crippen LogP) is 0.897. The van der Waals surface area contributed by atoms with Gasteiger partial charge < -0.3 is 9.47 Å². The summed E-state index contributed by atoms with van der Waals surface area (Å²) in [7, 11) is -3.79. The first-order valence-corrected chi connectivity index (χ1v) is 7.66. The van der Waals surface area contributed by atoms with E-state index in [9.17, 15) is 13.2 Å². The fourth-order valence-corrected chi connectivity index (χ4v) is 3.30. The van der Waals surface area contributed by atoms with Gasteiger partial charge in [-0.3, -0.25) is 0 Å². The van der Waals surface area contributed by atoms with Crippen molar-refractivity contribution in [3.8, 4) is 0 Å². The van der Waals surface area contributed by atoms with E-state index in [4.69, 9.17) is 14.6 Å². The van der Waals surface area contributed by atoms with E-state index < -0.39 is 16.0 Å². The number of hydrogen-bond donors (Lipinski definition) is 1. The van der Waals surface area contributed by atoms with Crippen molar-refractivity contribution < 1.29 is 22.7 Å². The maximum atomic E-state index is 11.7. The molecule has 1 heterocycles. The van der Waals surface area contributed by atoms with Gasteiger partial charge >= 0.3 is 5.97 Å². The highest BCUT2D eigenvalue weighted by molar-refractivity contribution is 7.91. The van der Waals surface area contributed by atoms with Crippen molar-refractivity contribution in [2.24, 2.45) is 5.14 Å². The van der Waals surface area contributed by atoms with Gasteiger partial charge in [-0.2, -0.15) is 0 Å². The van der Waals surface area contributed by atoms with E-state index >= 15 is 0 Å². The number of hydrogen-bond acceptors (Lipinski definition) is 6. The van der Waals surface area contributed by atoms with Gasteiger partial charge in [0, 0.05) is 12.0 Å². The zero-order chi connectivity index (χ0) is 13.8. The number of carbonyl (C=O) groups is 1. The molecule has 6 nitrogen and oxygen atoms in total. The first kappa shape index (κ1) is 15.1. The summed E-state index contributed by atoms with van der Waals surface area (Å²) in [6.07, 6.45) is 0. The zero-order valence-corrected chi connectivity index (χ0v) is 11.8. The molecule has 1 rings (SSSR count). The molecular formula is C10H15NO5S2. The fourth-order valence-electron chi connectivity index (χ4n) is 1.30. The van der Waals surface area contributed by atoms with Crippen LogP contribution in [0.25, 0.3) is 0 Å². The average molecular weight is 293 g/mol. The third-order valence-electron chi connectivity index (χ3n) is 2.14. The molecule has 0 saturated carbocycles. The number of carbonyl (C=O) groups excluding carboxylic acids is 1. The van der Waals surface area contributed by atoms with Crippen LogP contribution in [0.5, 0.6) is 0 Å². The maximum absolute atomic E-state index is 11.7. The fraction of sp³-hybridized carbons (Fsp3) is 0.500. The van der Waals surface area contributed by atoms with Gasteiger partial charge in [-0.25, -0.2) is 18.4 Å². The lowest BCUT2D eigenvalue weighted by molar-refractivity contribution is 0.0335. The van der Waals surface area contributed by atoms with E-state index in [1.807, 2.05) is 6.92 Å². The van der Waals surface area contributed by atoms with E-state index in [1.54, 1.807) is 0 Å². The summed E-state index contributed by atoms with van der Waals surface area (Å²) in [6.45, 7) is 4.35. The molecule has 0 fully saturated rings. The number of thiophene rings is 1. The lowest BCUT2D eigenvalue weighted by atomic mass is 10.2. The molecule has 0 aliphatic carbocycles. The summed E-state index contributed by atoms with van der Waals surface area (Å²) in [6, 6.07) is 0. The molecule has 18 heavy (non-hydrogen) atoms. The second-order valence-corrected chi connectivity index (χ2v) is 6.08. The number of ether oxygens (including phenoxy) is 2. The number of nitrogens with two attached hydrogens (primary N) is 1. The number of primary sulfonamides is 1. The lowest BCUT2D eigenvalue weighted by Crippen LogP contribution is -2.14. The predicted molar refractivity (Wildman–Crippen MR) is 67.2 cm³/mol. The Balaban J connectivity index is 2.73. The Morgan fingerprint density at radius 1 is 1.44 bits per heavy atom. The standard InChI is InChI=1S/C10H15NO5S2/c1-3-15-4-5-16-9(12)8-6-17-10(7(8)2)18(11,13)14/h6H,3-5H2,1-2H3,(H2,11,13,14). The molecule has 0 atom stereocenters. The van der Waals surface area contributed by atoms with Crippen LogP contribution in [0.4, 0.5) is 0 Å². The minimum absolute atomic E-state index is 0.0146. The van der Waals surface area contributed by atoms with E-state index in [0.29, 0.717) is 18.8 Å². The summed E-state index contributed by atoms with van der Waals surface area (Å²) < 4.78 is 32.4. The van der Waals surface area contributed by atoms with Gasteiger partial charge in [0.05, 0.1) is 12.2 Å². The second kappa shape index (κ2) is 6.28. The Hall–Kier alpha value is -0.960. The summed E-state index contributed by atoms with van der Waals surface area (Å²) in [5, 5.41) is 6.45. The van der Waals surface area contributed by atoms with Crippen molar-refractivity contribution in [3.05, 3.63) is 16.5 Å². The zero-order valence-electron chi connectivity index (χ0n) is 10.1. The Morgan fingerprint density at radius 3 is 2.61 bits per heavy atom. The van der Waals surface area contributed by atoms with Gasteiger partial charge in [-0.05, 0) is 19.4 Å². The Morgan fingerprint density at radius 2 is 2.11 bits per heavy atom. The Kier molecular flexibility index (Phi) is 5.27. The van der Waals surface area contributed by atoms with Crippen molar-refractivity contribution in [2.75, 3.05) is 19.8 Å². The molecule has 0 spiro atoms. The topological polar surface area (TPSA) is 95.7 Å². The van der Waals surface area contributed by atoms with E-state index in [1.165, 1.54) is 12.3 Å². The first-order chi connectivity index (χ1) is 8.38. The average Bonchev–Trinajstić information content (AvgIpc) is 2.66. The molecular weight excluding hydrogens is 278 g/mol. The number of sulfonamides is 1. The number of rotatable bonds is 6. The highest BCUT2D eigenvalue weighted by Crippen LogP contribution is 2.25. The maximum Gasteiger partial charge on any atom is 0.339 e. The van der Waals surface area contributed by atoms with Gasteiger partial charge in [0.25, 0.3) is 0 Å². The quantitative estimate of drug-likeness (QED) is 0.621. The molecule has 1 aromatic heterocycles. The first-order valence-electron chi connectivity index (χ1n) is 5.23. The molecule has 2 N–H and O–H groups in total. The minimum Gasteiger partial charge on any atom is -0.460 e. The van der Waals surface area contributed by atoms with Crippen LogP contribution in [0.3, 0.4) is 0 Å². The van der Waals surface area contributed by atoms with Crippen LogP contribution >= 0.6 is 11.3 Å². The van der Waals surface area contributed by atoms with Gasteiger partial charge in [0.1, 0.15) is 10.8 Å². The van der Waals surface area contributed by atoms with Gasteiger partial charge in [0.2, 0.25) is 10.0 Å². The molecule has 8 heteroatoms. The normalized spacial score (nSPS) is 11.5. The summed E-state index contributed by atoms with van der Waals surface area (Å²) >= 11 is 0.910. The van der Waals surface area contributed by atoms with Crippen molar-refractivity contribution in [3.63, 3.8) is 0 Å². The van der Waals surface area contributed by atoms with Gasteiger partial charge in [-0.1, -0.05) is 0 Å². The van der Waals surface area contributed by atoms with Gasteiger partial charge in [-0.15, -0.1) is 11.3 Å². The van der Waals surface area contributed by atoms with Crippen molar-refractivity contribution in [1.29, 1.82) is 0 Å². The molecule has 0 amide bonds. The van der Waals surface area contributed by atoms with Gasteiger partial charge in [0.15, 0.2) is 0 Å². The SMILES string of the molecule is CCOCCOC(=O)c1csc(S(N)(=O)=O)c1C. The highest BCUT2D eigenvalue weighted by atomic mass is 32.2. The van der Waals surface area contributed by atoms with E-state index in [0.717, 1.165) is 11.3 Å². The van der Waals surface area contributed by atoms with Crippen LogP contribution in [0.15, 0.2) is 9.59 Å². The Bertz CT molecular complexity index is 520. The highest BCUT2D eigenvalue weighted by Gasteiger charge is 2.21. The smallest absolute Gasteiger partial charge is 0.339 e. The monoisotopic (exact) mass is 293 g/mol. The minimum atomic E-state index is -3.79. The van der Waals surface area contributed by atoms with Crippen LogP contribution in [-0.2, 0) is 19.5 Å². The van der Waals surface area contributed by atoms with Crippen LogP contribution in [-0.4, -0.2) is 34.2 Å². The summed E-state index contributed by atoms with van der Waals surface area (Å²) in [4.78, 5) is 11.7. The van der Waals surface area contributed by atoms with Crippen molar-refractivity contribution >= 4 is 27.3 Å². The molecule has 0 aliphatic heterocycles. The van der Waals surface area contributed by atoms with Crippen LogP contribution in [0.2, 0.25) is 0 Å². The molecule has 0 unspecified atom stereocenters. The second-order valence-electron chi connectivity index (χ2n) is 3.44. The van der Waals surface area contributed by atoms with E-state index in [-0.39, 0.29) is 16.4 Å². The largest absolute Gasteiger partial charge is 0.460 e. The number of esters is 1. The molecule has 0 radical (unpaired) electrons. The van der Waals surface area contributed by atoms with Crippen molar-refractivity contribution in [1.82, 2.24) is 0 Å². The molecule has 0 aliphatic rings. The Labute approximate surface area is 110 Å².